The third kappa shape index (κ3) is 4.85. The second-order valence-electron chi connectivity index (χ2n) is 8.42. The molecule has 1 aromatic heterocycles. The van der Waals surface area contributed by atoms with E-state index in [9.17, 15) is 18.0 Å². The molecular weight excluding hydrogens is 478 g/mol. The molecule has 33 heavy (non-hydrogen) atoms. The number of fused-ring (bicyclic) bond motifs is 1. The quantitative estimate of drug-likeness (QED) is 0.598. The van der Waals surface area contributed by atoms with E-state index < -0.39 is 17.9 Å². The summed E-state index contributed by atoms with van der Waals surface area (Å²) in [5.41, 5.74) is 0.179. The topological polar surface area (TPSA) is 62.2 Å². The Morgan fingerprint density at radius 3 is 2.67 bits per heavy atom. The largest absolute Gasteiger partial charge is 0.435 e. The Balaban J connectivity index is 1.66. The Morgan fingerprint density at radius 2 is 2.03 bits per heavy atom. The second-order valence-corrected chi connectivity index (χ2v) is 9.23. The van der Waals surface area contributed by atoms with Crippen LogP contribution in [0.1, 0.15) is 43.5 Å². The van der Waals surface area contributed by atoms with E-state index in [2.05, 4.69) is 27.7 Å². The highest BCUT2D eigenvalue weighted by Gasteiger charge is 2.39. The number of carbonyl (C=O) groups excluding carboxylic acids is 1. The molecule has 0 saturated carbocycles. The van der Waals surface area contributed by atoms with Crippen LogP contribution in [0.15, 0.2) is 35.5 Å². The maximum Gasteiger partial charge on any atom is 0.435 e. The number of benzene rings is 1. The van der Waals surface area contributed by atoms with Crippen LogP contribution in [-0.2, 0) is 11.0 Å². The Hall–Kier alpha value is -2.23. The molecule has 0 aliphatic carbocycles. The molecule has 178 valence electrons. The highest BCUT2D eigenvalue weighted by atomic mass is 35.5. The molecule has 11 heteroatoms. The molecule has 1 amide bonds. The zero-order valence-electron chi connectivity index (χ0n) is 18.1. The van der Waals surface area contributed by atoms with E-state index in [4.69, 9.17) is 23.2 Å². The van der Waals surface area contributed by atoms with Gasteiger partial charge in [-0.1, -0.05) is 29.3 Å². The summed E-state index contributed by atoms with van der Waals surface area (Å²) in [6.07, 6.45) is -1.62. The molecule has 1 aromatic carbocycles. The number of alkyl halides is 3. The van der Waals surface area contributed by atoms with Gasteiger partial charge >= 0.3 is 6.18 Å². The number of likely N-dealkylation sites (tertiary alicyclic amines) is 1. The fourth-order valence-corrected chi connectivity index (χ4v) is 4.79. The zero-order chi connectivity index (χ0) is 23.9. The summed E-state index contributed by atoms with van der Waals surface area (Å²) in [4.78, 5) is 15.5. The molecule has 0 spiro atoms. The predicted octanol–water partition coefficient (Wildman–Crippen LogP) is 5.10. The first kappa shape index (κ1) is 23.9. The van der Waals surface area contributed by atoms with Crippen molar-refractivity contribution in [3.8, 4) is 0 Å². The third-order valence-electron chi connectivity index (χ3n) is 6.20. The lowest BCUT2D eigenvalue weighted by Crippen LogP contribution is -2.37. The van der Waals surface area contributed by atoms with Crippen LogP contribution in [0.4, 0.5) is 19.0 Å². The average molecular weight is 502 g/mol. The molecule has 0 radical (unpaired) electrons. The van der Waals surface area contributed by atoms with E-state index in [1.807, 2.05) is 0 Å². The fourth-order valence-electron chi connectivity index (χ4n) is 4.49. The molecule has 2 aromatic rings. The molecule has 1 saturated heterocycles. The summed E-state index contributed by atoms with van der Waals surface area (Å²) >= 11 is 12.2. The van der Waals surface area contributed by atoms with Crippen LogP contribution in [0.25, 0.3) is 0 Å². The smallest absolute Gasteiger partial charge is 0.352 e. The zero-order valence-corrected chi connectivity index (χ0v) is 19.7. The first-order valence-corrected chi connectivity index (χ1v) is 11.4. The summed E-state index contributed by atoms with van der Waals surface area (Å²) in [6, 6.07) is 5.17. The fraction of sp³-hybridized carbons (Fsp3) is 0.455. The van der Waals surface area contributed by atoms with Gasteiger partial charge in [-0.15, -0.1) is 0 Å². The number of carbonyl (C=O) groups is 1. The standard InChI is InChI=1S/C22H24Cl2F3N5O/c1-12-19(21(33)28-8-7-14-4-3-9-31(14)2)20(13-5-6-15(23)16(24)10-13)32-18(29-12)11-17(30-32)22(25,26)27/h5-6,10-11,14,20,29H,3-4,7-9H2,1-2H3,(H,28,33). The number of amides is 1. The van der Waals surface area contributed by atoms with Crippen molar-refractivity contribution in [1.82, 2.24) is 20.0 Å². The van der Waals surface area contributed by atoms with Gasteiger partial charge in [-0.3, -0.25) is 4.79 Å². The van der Waals surface area contributed by atoms with Gasteiger partial charge in [-0.2, -0.15) is 18.3 Å². The minimum Gasteiger partial charge on any atom is -0.352 e. The predicted molar refractivity (Wildman–Crippen MR) is 121 cm³/mol. The lowest BCUT2D eigenvalue weighted by atomic mass is 9.94. The van der Waals surface area contributed by atoms with Crippen molar-refractivity contribution < 1.29 is 18.0 Å². The normalized spacial score (nSPS) is 21.2. The van der Waals surface area contributed by atoms with Gasteiger partial charge in [0.25, 0.3) is 5.91 Å². The van der Waals surface area contributed by atoms with Crippen LogP contribution in [0.3, 0.4) is 0 Å². The first-order chi connectivity index (χ1) is 15.6. The van der Waals surface area contributed by atoms with Gasteiger partial charge in [-0.05, 0) is 57.5 Å². The SMILES string of the molecule is CC1=C(C(=O)NCCC2CCCN2C)C(c2ccc(Cl)c(Cl)c2)n2nc(C(F)(F)F)cc2N1. The molecule has 2 N–H and O–H groups in total. The molecule has 3 heterocycles. The Labute approximate surface area is 199 Å². The van der Waals surface area contributed by atoms with Gasteiger partial charge in [0.15, 0.2) is 5.69 Å². The van der Waals surface area contributed by atoms with Gasteiger partial charge in [0.1, 0.15) is 11.9 Å². The lowest BCUT2D eigenvalue weighted by molar-refractivity contribution is -0.141. The van der Waals surface area contributed by atoms with E-state index in [1.54, 1.807) is 25.1 Å². The van der Waals surface area contributed by atoms with Crippen LogP contribution < -0.4 is 10.6 Å². The minimum atomic E-state index is -4.63. The molecule has 2 aliphatic rings. The van der Waals surface area contributed by atoms with Crippen molar-refractivity contribution in [3.63, 3.8) is 0 Å². The summed E-state index contributed by atoms with van der Waals surface area (Å²) < 4.78 is 41.3. The lowest BCUT2D eigenvalue weighted by Gasteiger charge is -2.30. The minimum absolute atomic E-state index is 0.139. The van der Waals surface area contributed by atoms with Crippen molar-refractivity contribution in [2.24, 2.45) is 0 Å². The van der Waals surface area contributed by atoms with Crippen LogP contribution in [0.2, 0.25) is 10.0 Å². The molecule has 4 rings (SSSR count). The first-order valence-electron chi connectivity index (χ1n) is 10.6. The second kappa shape index (κ2) is 9.19. The highest BCUT2D eigenvalue weighted by molar-refractivity contribution is 6.42. The maximum atomic E-state index is 13.4. The van der Waals surface area contributed by atoms with Crippen molar-refractivity contribution in [1.29, 1.82) is 0 Å². The Bertz CT molecular complexity index is 1100. The number of hydrogen-bond acceptors (Lipinski definition) is 4. The van der Waals surface area contributed by atoms with Crippen molar-refractivity contribution in [3.05, 3.63) is 56.8 Å². The van der Waals surface area contributed by atoms with E-state index in [0.717, 1.165) is 31.9 Å². The average Bonchev–Trinajstić information content (AvgIpc) is 3.35. The number of nitrogens with one attached hydrogen (secondary N) is 2. The van der Waals surface area contributed by atoms with Crippen LogP contribution in [-0.4, -0.2) is 46.8 Å². The van der Waals surface area contributed by atoms with Crippen LogP contribution in [0.5, 0.6) is 0 Å². The summed E-state index contributed by atoms with van der Waals surface area (Å²) in [7, 11) is 2.06. The van der Waals surface area contributed by atoms with Crippen molar-refractivity contribution >= 4 is 34.9 Å². The Kier molecular flexibility index (Phi) is 6.66. The monoisotopic (exact) mass is 501 g/mol. The number of rotatable bonds is 5. The maximum absolute atomic E-state index is 13.4. The number of nitrogens with zero attached hydrogens (tertiary/aromatic N) is 3. The van der Waals surface area contributed by atoms with E-state index in [1.165, 1.54) is 4.68 Å². The Morgan fingerprint density at radius 1 is 1.27 bits per heavy atom. The van der Waals surface area contributed by atoms with Gasteiger partial charge in [0.2, 0.25) is 0 Å². The molecule has 0 bridgehead atoms. The third-order valence-corrected chi connectivity index (χ3v) is 6.94. The van der Waals surface area contributed by atoms with Gasteiger partial charge in [0.05, 0.1) is 15.6 Å². The van der Waals surface area contributed by atoms with Crippen molar-refractivity contribution in [2.45, 2.75) is 44.4 Å². The highest BCUT2D eigenvalue weighted by Crippen LogP contribution is 2.40. The van der Waals surface area contributed by atoms with Gasteiger partial charge < -0.3 is 15.5 Å². The number of allylic oxidation sites excluding steroid dienone is 1. The van der Waals surface area contributed by atoms with Gasteiger partial charge in [0, 0.05) is 24.4 Å². The van der Waals surface area contributed by atoms with E-state index in [-0.39, 0.29) is 22.3 Å². The number of anilines is 1. The number of aromatic nitrogens is 2. The van der Waals surface area contributed by atoms with Crippen LogP contribution >= 0.6 is 23.2 Å². The van der Waals surface area contributed by atoms with Crippen LogP contribution in [0, 0.1) is 0 Å². The molecule has 6 nitrogen and oxygen atoms in total. The molecule has 1 fully saturated rings. The van der Waals surface area contributed by atoms with Gasteiger partial charge in [-0.25, -0.2) is 4.68 Å². The molecule has 2 aliphatic heterocycles. The van der Waals surface area contributed by atoms with E-state index >= 15 is 0 Å². The summed E-state index contributed by atoms with van der Waals surface area (Å²) in [5, 5.41) is 10.2. The van der Waals surface area contributed by atoms with Crippen molar-refractivity contribution in [2.75, 3.05) is 25.5 Å². The summed E-state index contributed by atoms with van der Waals surface area (Å²) in [5.74, 6) is -0.230. The van der Waals surface area contributed by atoms with E-state index in [0.29, 0.717) is 28.9 Å². The summed E-state index contributed by atoms with van der Waals surface area (Å²) in [6.45, 7) is 3.15. The molecule has 2 unspecified atom stereocenters. The number of halogens is 5. The number of hydrogen-bond donors (Lipinski definition) is 2. The molecular formula is C22H24Cl2F3N5O. The molecule has 2 atom stereocenters.